The quantitative estimate of drug-likeness (QED) is 0.694. The summed E-state index contributed by atoms with van der Waals surface area (Å²) in [5.74, 6) is 0. The second kappa shape index (κ2) is 4.82. The second-order valence-corrected chi connectivity index (χ2v) is 5.69. The van der Waals surface area contributed by atoms with Gasteiger partial charge < -0.3 is 9.80 Å². The van der Waals surface area contributed by atoms with Crippen LogP contribution >= 0.6 is 0 Å². The number of fused-ring (bicyclic) bond motifs is 1. The van der Waals surface area contributed by atoms with Crippen molar-refractivity contribution in [2.45, 2.75) is 26.9 Å². The molecule has 3 nitrogen and oxygen atoms in total. The minimum atomic E-state index is 0.238. The van der Waals surface area contributed by atoms with Crippen LogP contribution < -0.4 is 9.80 Å². The van der Waals surface area contributed by atoms with Crippen LogP contribution in [0.15, 0.2) is 36.4 Å². The topological polar surface area (TPSA) is 10.8 Å². The zero-order valence-corrected chi connectivity index (χ0v) is 12.9. The Hall–Kier alpha value is -2.47. The molecule has 3 rings (SSSR count). The molecule has 1 aliphatic rings. The number of nitrogens with zero attached hydrogens (tertiary/aromatic N) is 3. The van der Waals surface area contributed by atoms with E-state index in [1.54, 1.807) is 0 Å². The van der Waals surface area contributed by atoms with Gasteiger partial charge in [-0.2, -0.15) is 0 Å². The van der Waals surface area contributed by atoms with Gasteiger partial charge in [0.1, 0.15) is 6.17 Å². The molecule has 0 unspecified atom stereocenters. The summed E-state index contributed by atoms with van der Waals surface area (Å²) in [5.41, 5.74) is 6.72. The molecule has 0 saturated heterocycles. The van der Waals surface area contributed by atoms with Crippen LogP contribution in [0.3, 0.4) is 0 Å². The van der Waals surface area contributed by atoms with Gasteiger partial charge in [-0.25, -0.2) is 4.85 Å². The maximum atomic E-state index is 7.24. The van der Waals surface area contributed by atoms with Gasteiger partial charge in [0.05, 0.1) is 17.9 Å². The molecular formula is C18H19N3. The molecule has 0 aliphatic carbocycles. The highest BCUT2D eigenvalue weighted by Gasteiger charge is 2.32. The smallest absolute Gasteiger partial charge is 0.189 e. The predicted octanol–water partition coefficient (Wildman–Crippen LogP) is 4.79. The van der Waals surface area contributed by atoms with Crippen molar-refractivity contribution in [1.29, 1.82) is 0 Å². The average molecular weight is 277 g/mol. The zero-order chi connectivity index (χ0) is 15.1. The zero-order valence-electron chi connectivity index (χ0n) is 12.9. The van der Waals surface area contributed by atoms with Gasteiger partial charge in [-0.05, 0) is 44.5 Å². The van der Waals surface area contributed by atoms with E-state index in [2.05, 4.69) is 60.7 Å². The van der Waals surface area contributed by atoms with E-state index in [9.17, 15) is 0 Å². The molecule has 0 aromatic heterocycles. The van der Waals surface area contributed by atoms with E-state index in [0.29, 0.717) is 5.69 Å². The Morgan fingerprint density at radius 1 is 1.00 bits per heavy atom. The van der Waals surface area contributed by atoms with Crippen molar-refractivity contribution in [3.05, 3.63) is 58.9 Å². The molecule has 3 heteroatoms. The summed E-state index contributed by atoms with van der Waals surface area (Å²) < 4.78 is 0. The van der Waals surface area contributed by atoms with Crippen LogP contribution in [0.4, 0.5) is 22.7 Å². The summed E-state index contributed by atoms with van der Waals surface area (Å²) in [6.45, 7) is 13.7. The van der Waals surface area contributed by atoms with Crippen molar-refractivity contribution in [3.8, 4) is 0 Å². The highest BCUT2D eigenvalue weighted by molar-refractivity contribution is 5.86. The van der Waals surface area contributed by atoms with Crippen LogP contribution in [0.5, 0.6) is 0 Å². The predicted molar refractivity (Wildman–Crippen MR) is 88.6 cm³/mol. The summed E-state index contributed by atoms with van der Waals surface area (Å²) in [5, 5.41) is 0. The number of hydrogen-bond donors (Lipinski definition) is 0. The van der Waals surface area contributed by atoms with E-state index >= 15 is 0 Å². The van der Waals surface area contributed by atoms with E-state index < -0.39 is 0 Å². The standard InChI is InChI=1S/C18H19N3/c1-12-6-8-16(13(2)10-12)21-14(3)20(5)17-9-7-15(19-4)11-18(17)21/h6-11,14H,1-3,5H3/t14-/m0/s1. The van der Waals surface area contributed by atoms with Crippen LogP contribution in [0.25, 0.3) is 4.85 Å². The molecule has 0 fully saturated rings. The van der Waals surface area contributed by atoms with E-state index in [0.717, 1.165) is 5.69 Å². The van der Waals surface area contributed by atoms with Crippen LogP contribution in [-0.4, -0.2) is 13.2 Å². The van der Waals surface area contributed by atoms with Crippen LogP contribution in [-0.2, 0) is 0 Å². The summed E-state index contributed by atoms with van der Waals surface area (Å²) in [6.07, 6.45) is 0.238. The number of anilines is 3. The van der Waals surface area contributed by atoms with Crippen molar-refractivity contribution in [2.75, 3.05) is 16.8 Å². The molecule has 2 aromatic carbocycles. The molecule has 0 N–H and O–H groups in total. The van der Waals surface area contributed by atoms with Crippen molar-refractivity contribution >= 4 is 22.7 Å². The molecule has 0 bridgehead atoms. The first-order chi connectivity index (χ1) is 10.0. The molecular weight excluding hydrogens is 258 g/mol. The maximum absolute atomic E-state index is 7.24. The Bertz CT molecular complexity index is 743. The third-order valence-corrected chi connectivity index (χ3v) is 4.27. The number of rotatable bonds is 1. The Balaban J connectivity index is 2.18. The van der Waals surface area contributed by atoms with Gasteiger partial charge >= 0.3 is 0 Å². The minimum absolute atomic E-state index is 0.238. The van der Waals surface area contributed by atoms with Gasteiger partial charge in [0.2, 0.25) is 0 Å². The molecule has 106 valence electrons. The average Bonchev–Trinajstić information content (AvgIpc) is 2.71. The minimum Gasteiger partial charge on any atom is -0.353 e. The van der Waals surface area contributed by atoms with Gasteiger partial charge in [-0.3, -0.25) is 0 Å². The molecule has 1 atom stereocenters. The molecule has 1 aliphatic heterocycles. The van der Waals surface area contributed by atoms with E-state index in [1.165, 1.54) is 22.5 Å². The Morgan fingerprint density at radius 3 is 2.38 bits per heavy atom. The lowest BCUT2D eigenvalue weighted by Gasteiger charge is -2.29. The van der Waals surface area contributed by atoms with Gasteiger partial charge in [-0.15, -0.1) is 0 Å². The molecule has 2 aromatic rings. The highest BCUT2D eigenvalue weighted by Crippen LogP contribution is 2.45. The normalized spacial score (nSPS) is 16.8. The lowest BCUT2D eigenvalue weighted by atomic mass is 10.1. The summed E-state index contributed by atoms with van der Waals surface area (Å²) in [7, 11) is 2.10. The summed E-state index contributed by atoms with van der Waals surface area (Å²) in [6, 6.07) is 12.4. The van der Waals surface area contributed by atoms with Gasteiger partial charge in [0, 0.05) is 12.7 Å². The monoisotopic (exact) mass is 277 g/mol. The third kappa shape index (κ3) is 2.04. The van der Waals surface area contributed by atoms with E-state index in [4.69, 9.17) is 6.57 Å². The molecule has 0 radical (unpaired) electrons. The van der Waals surface area contributed by atoms with Crippen LogP contribution in [0.2, 0.25) is 0 Å². The van der Waals surface area contributed by atoms with Gasteiger partial charge in [0.15, 0.2) is 5.69 Å². The Morgan fingerprint density at radius 2 is 1.71 bits per heavy atom. The lowest BCUT2D eigenvalue weighted by Crippen LogP contribution is -2.35. The molecule has 1 heterocycles. The van der Waals surface area contributed by atoms with E-state index in [1.807, 2.05) is 18.2 Å². The van der Waals surface area contributed by atoms with E-state index in [-0.39, 0.29) is 6.17 Å². The summed E-state index contributed by atoms with van der Waals surface area (Å²) in [4.78, 5) is 8.14. The van der Waals surface area contributed by atoms with Crippen molar-refractivity contribution in [3.63, 3.8) is 0 Å². The lowest BCUT2D eigenvalue weighted by molar-refractivity contribution is 0.732. The molecule has 21 heavy (non-hydrogen) atoms. The molecule has 0 saturated carbocycles. The van der Waals surface area contributed by atoms with Gasteiger partial charge in [0.25, 0.3) is 0 Å². The van der Waals surface area contributed by atoms with Crippen molar-refractivity contribution in [1.82, 2.24) is 0 Å². The fourth-order valence-electron chi connectivity index (χ4n) is 3.06. The number of aryl methyl sites for hydroxylation is 2. The first-order valence-corrected chi connectivity index (χ1v) is 7.14. The van der Waals surface area contributed by atoms with Crippen LogP contribution in [0, 0.1) is 20.4 Å². The van der Waals surface area contributed by atoms with Gasteiger partial charge in [-0.1, -0.05) is 23.8 Å². The number of benzene rings is 2. The highest BCUT2D eigenvalue weighted by atomic mass is 15.4. The molecule has 0 spiro atoms. The third-order valence-electron chi connectivity index (χ3n) is 4.27. The fourth-order valence-corrected chi connectivity index (χ4v) is 3.06. The SMILES string of the molecule is [C-]#[N+]c1ccc2c(c1)N(c1ccc(C)cc1C)[C@@H](C)N2C. The Kier molecular flexibility index (Phi) is 3.10. The number of hydrogen-bond acceptors (Lipinski definition) is 2. The van der Waals surface area contributed by atoms with Crippen LogP contribution in [0.1, 0.15) is 18.1 Å². The largest absolute Gasteiger partial charge is 0.353 e. The fraction of sp³-hybridized carbons (Fsp3) is 0.278. The van der Waals surface area contributed by atoms with Crippen molar-refractivity contribution in [2.24, 2.45) is 0 Å². The molecule has 0 amide bonds. The summed E-state index contributed by atoms with van der Waals surface area (Å²) >= 11 is 0. The first-order valence-electron chi connectivity index (χ1n) is 7.14. The Labute approximate surface area is 126 Å². The maximum Gasteiger partial charge on any atom is 0.189 e. The van der Waals surface area contributed by atoms with Crippen molar-refractivity contribution < 1.29 is 0 Å². The second-order valence-electron chi connectivity index (χ2n) is 5.69. The first kappa shape index (κ1) is 13.5.